The van der Waals surface area contributed by atoms with Gasteiger partial charge < -0.3 is 10.0 Å². The number of unbranched alkanes of at least 4 members (excludes halogenated alkanes) is 2. The largest absolute Gasteiger partial charge is 0.481 e. The predicted octanol–water partition coefficient (Wildman–Crippen LogP) is 2.20. The van der Waals surface area contributed by atoms with E-state index in [4.69, 9.17) is 5.11 Å². The first kappa shape index (κ1) is 15.0. The predicted molar refractivity (Wildman–Crippen MR) is 73.9 cm³/mol. The number of aliphatic carboxylic acids is 1. The summed E-state index contributed by atoms with van der Waals surface area (Å²) in [5.41, 5.74) is 1.12. The van der Waals surface area contributed by atoms with Gasteiger partial charge in [-0.2, -0.15) is 0 Å². The Hall–Kier alpha value is -2.44. The number of carbonyl (C=O) groups is 2. The van der Waals surface area contributed by atoms with Gasteiger partial charge >= 0.3 is 5.97 Å². The lowest BCUT2D eigenvalue weighted by Gasteiger charge is -2.14. The second kappa shape index (κ2) is 6.34. The molecule has 0 atom stereocenters. The monoisotopic (exact) mass is 292 g/mol. The maximum absolute atomic E-state index is 12.2. The van der Waals surface area contributed by atoms with Gasteiger partial charge in [-0.05, 0) is 24.5 Å². The second-order valence-corrected chi connectivity index (χ2v) is 5.03. The normalized spacial score (nSPS) is 13.3. The first-order valence-electron chi connectivity index (χ1n) is 6.77. The van der Waals surface area contributed by atoms with Crippen LogP contribution in [0.5, 0.6) is 0 Å². The van der Waals surface area contributed by atoms with Crippen molar-refractivity contribution in [3.63, 3.8) is 0 Å². The highest BCUT2D eigenvalue weighted by Gasteiger charge is 2.28. The molecule has 7 nitrogen and oxygen atoms in total. The number of carboxylic acids is 1. The number of nitrogens with zero attached hydrogens (tertiary/aromatic N) is 2. The number of nitro benzene ring substituents is 1. The Labute approximate surface area is 121 Å². The lowest BCUT2D eigenvalue weighted by Crippen LogP contribution is -2.24. The van der Waals surface area contributed by atoms with E-state index in [0.717, 1.165) is 18.4 Å². The highest BCUT2D eigenvalue weighted by atomic mass is 16.6. The Morgan fingerprint density at radius 3 is 2.76 bits per heavy atom. The molecule has 0 aromatic heterocycles. The molecule has 0 radical (unpaired) electrons. The van der Waals surface area contributed by atoms with E-state index in [9.17, 15) is 19.7 Å². The number of nitro groups is 1. The molecule has 21 heavy (non-hydrogen) atoms. The molecule has 1 amide bonds. The third kappa shape index (κ3) is 3.56. The van der Waals surface area contributed by atoms with E-state index in [-0.39, 0.29) is 18.0 Å². The molecule has 0 bridgehead atoms. The quantitative estimate of drug-likeness (QED) is 0.471. The molecule has 1 aliphatic heterocycles. The molecule has 2 rings (SSSR count). The van der Waals surface area contributed by atoms with Crippen LogP contribution in [0.3, 0.4) is 0 Å². The number of rotatable bonds is 7. The molecule has 0 spiro atoms. The van der Waals surface area contributed by atoms with Crippen LogP contribution in [-0.2, 0) is 11.3 Å². The molecular formula is C14H16N2O5. The van der Waals surface area contributed by atoms with Crippen molar-refractivity contribution in [2.24, 2.45) is 0 Å². The molecule has 1 aliphatic rings. The van der Waals surface area contributed by atoms with Crippen molar-refractivity contribution in [3.8, 4) is 0 Å². The molecule has 1 heterocycles. The molecule has 7 heteroatoms. The van der Waals surface area contributed by atoms with E-state index in [1.807, 2.05) is 0 Å². The van der Waals surface area contributed by atoms with Crippen molar-refractivity contribution < 1.29 is 19.6 Å². The van der Waals surface area contributed by atoms with Crippen LogP contribution in [0.4, 0.5) is 5.69 Å². The zero-order chi connectivity index (χ0) is 15.4. The van der Waals surface area contributed by atoms with Crippen molar-refractivity contribution >= 4 is 17.6 Å². The van der Waals surface area contributed by atoms with E-state index in [1.54, 1.807) is 11.0 Å². The fourth-order valence-corrected chi connectivity index (χ4v) is 2.40. The maximum Gasteiger partial charge on any atom is 0.303 e. The van der Waals surface area contributed by atoms with Gasteiger partial charge in [-0.1, -0.05) is 6.42 Å². The number of carboxylic acid groups (broad SMARTS) is 1. The number of non-ortho nitro benzene ring substituents is 1. The molecular weight excluding hydrogens is 276 g/mol. The fourth-order valence-electron chi connectivity index (χ4n) is 2.40. The Kier molecular flexibility index (Phi) is 4.52. The topological polar surface area (TPSA) is 101 Å². The van der Waals surface area contributed by atoms with Gasteiger partial charge in [0.25, 0.3) is 11.6 Å². The summed E-state index contributed by atoms with van der Waals surface area (Å²) in [6.45, 7) is 1.01. The second-order valence-electron chi connectivity index (χ2n) is 5.03. The Bertz CT molecular complexity index is 585. The van der Waals surface area contributed by atoms with Gasteiger partial charge in [0.1, 0.15) is 0 Å². The Morgan fingerprint density at radius 1 is 1.33 bits per heavy atom. The van der Waals surface area contributed by atoms with Crippen LogP contribution >= 0.6 is 0 Å². The number of hydrogen-bond donors (Lipinski definition) is 1. The van der Waals surface area contributed by atoms with Crippen LogP contribution in [-0.4, -0.2) is 33.4 Å². The van der Waals surface area contributed by atoms with Crippen molar-refractivity contribution in [2.45, 2.75) is 32.2 Å². The number of fused-ring (bicyclic) bond motifs is 1. The summed E-state index contributed by atoms with van der Waals surface area (Å²) >= 11 is 0. The zero-order valence-electron chi connectivity index (χ0n) is 11.4. The summed E-state index contributed by atoms with van der Waals surface area (Å²) in [5.74, 6) is -1.00. The molecule has 0 unspecified atom stereocenters. The van der Waals surface area contributed by atoms with Crippen LogP contribution < -0.4 is 0 Å². The minimum Gasteiger partial charge on any atom is -0.481 e. The van der Waals surface area contributed by atoms with Gasteiger partial charge in [-0.3, -0.25) is 19.7 Å². The smallest absolute Gasteiger partial charge is 0.303 e. The van der Waals surface area contributed by atoms with Crippen molar-refractivity contribution in [2.75, 3.05) is 6.54 Å². The third-order valence-corrected chi connectivity index (χ3v) is 3.50. The molecule has 0 fully saturated rings. The van der Waals surface area contributed by atoms with E-state index < -0.39 is 10.9 Å². The van der Waals surface area contributed by atoms with Gasteiger partial charge in [-0.15, -0.1) is 0 Å². The minimum absolute atomic E-state index is 0.0783. The van der Waals surface area contributed by atoms with Crippen LogP contribution in [0.25, 0.3) is 0 Å². The summed E-state index contributed by atoms with van der Waals surface area (Å²) in [6.07, 6.45) is 2.21. The van der Waals surface area contributed by atoms with Gasteiger partial charge in [0.2, 0.25) is 0 Å². The molecule has 0 saturated carbocycles. The molecule has 1 N–H and O–H groups in total. The van der Waals surface area contributed by atoms with Crippen molar-refractivity contribution in [1.29, 1.82) is 0 Å². The van der Waals surface area contributed by atoms with E-state index in [2.05, 4.69) is 0 Å². The van der Waals surface area contributed by atoms with Crippen LogP contribution in [0.2, 0.25) is 0 Å². The maximum atomic E-state index is 12.2. The van der Waals surface area contributed by atoms with Gasteiger partial charge in [0.05, 0.1) is 10.5 Å². The van der Waals surface area contributed by atoms with Gasteiger partial charge in [0.15, 0.2) is 0 Å². The number of amides is 1. The van der Waals surface area contributed by atoms with Crippen LogP contribution in [0.1, 0.15) is 41.6 Å². The average Bonchev–Trinajstić information content (AvgIpc) is 2.74. The lowest BCUT2D eigenvalue weighted by atomic mass is 10.1. The van der Waals surface area contributed by atoms with E-state index in [1.165, 1.54) is 12.1 Å². The number of hydrogen-bond acceptors (Lipinski definition) is 4. The summed E-state index contributed by atoms with van der Waals surface area (Å²) < 4.78 is 0. The minimum atomic E-state index is -0.813. The summed E-state index contributed by atoms with van der Waals surface area (Å²) in [7, 11) is 0. The van der Waals surface area contributed by atoms with E-state index in [0.29, 0.717) is 25.1 Å². The van der Waals surface area contributed by atoms with Crippen molar-refractivity contribution in [3.05, 3.63) is 39.4 Å². The highest BCUT2D eigenvalue weighted by Crippen LogP contribution is 2.26. The van der Waals surface area contributed by atoms with Crippen molar-refractivity contribution in [1.82, 2.24) is 4.90 Å². The summed E-state index contributed by atoms with van der Waals surface area (Å²) in [4.78, 5) is 34.4. The third-order valence-electron chi connectivity index (χ3n) is 3.50. The molecule has 112 valence electrons. The van der Waals surface area contributed by atoms with Crippen LogP contribution in [0.15, 0.2) is 18.2 Å². The van der Waals surface area contributed by atoms with Gasteiger partial charge in [0, 0.05) is 31.6 Å². The zero-order valence-corrected chi connectivity index (χ0v) is 11.4. The highest BCUT2D eigenvalue weighted by molar-refractivity contribution is 5.98. The average molecular weight is 292 g/mol. The Morgan fingerprint density at radius 2 is 2.10 bits per heavy atom. The molecule has 1 aromatic carbocycles. The number of carbonyl (C=O) groups excluding carboxylic acids is 1. The summed E-state index contributed by atoms with van der Waals surface area (Å²) in [6, 6.07) is 4.35. The Balaban J connectivity index is 1.90. The first-order chi connectivity index (χ1) is 9.99. The molecule has 1 aromatic rings. The van der Waals surface area contributed by atoms with E-state index >= 15 is 0 Å². The number of benzene rings is 1. The first-order valence-corrected chi connectivity index (χ1v) is 6.77. The molecule has 0 aliphatic carbocycles. The SMILES string of the molecule is O=C(O)CCCCCN1Cc2ccc([N+](=O)[O-])cc2C1=O. The fraction of sp³-hybridized carbons (Fsp3) is 0.429. The van der Waals surface area contributed by atoms with Crippen LogP contribution in [0, 0.1) is 10.1 Å². The summed E-state index contributed by atoms with van der Waals surface area (Å²) in [5, 5.41) is 19.3. The molecule has 0 saturated heterocycles. The lowest BCUT2D eigenvalue weighted by molar-refractivity contribution is -0.384. The standard InChI is InChI=1S/C14H16N2O5/c17-13(18)4-2-1-3-7-15-9-10-5-6-11(16(20)21)8-12(10)14(15)19/h5-6,8H,1-4,7,9H2,(H,17,18). The van der Waals surface area contributed by atoms with Gasteiger partial charge in [-0.25, -0.2) is 0 Å².